The number of unbranched alkanes of at least 4 members (excludes halogenated alkanes) is 3. The number of hydrogen-bond acceptors (Lipinski definition) is 3. The summed E-state index contributed by atoms with van der Waals surface area (Å²) < 4.78 is 1.08. The number of aliphatic carboxylic acids is 1. The first kappa shape index (κ1) is 18.6. The van der Waals surface area contributed by atoms with E-state index in [9.17, 15) is 14.4 Å². The quantitative estimate of drug-likeness (QED) is 0.290. The summed E-state index contributed by atoms with van der Waals surface area (Å²) in [5.41, 5.74) is 1.46. The van der Waals surface area contributed by atoms with Crippen LogP contribution < -0.4 is 0 Å². The molecule has 1 aliphatic rings. The van der Waals surface area contributed by atoms with Crippen molar-refractivity contribution in [2.75, 3.05) is 6.54 Å². The minimum absolute atomic E-state index is 0.151. The zero-order valence-corrected chi connectivity index (χ0v) is 15.5. The Morgan fingerprint density at radius 2 is 1.96 bits per heavy atom. The standard InChI is InChI=1S/C18H20INO4/c19-15-7-5-6-13(11-15)10-14-12-16(21)20(18(14)24)9-4-2-1-3-8-17(22)23/h5-7,10-11H,1-4,8-9,12H2,(H,22,23)/b14-10+. The Hall–Kier alpha value is -1.70. The van der Waals surface area contributed by atoms with Gasteiger partial charge in [0.2, 0.25) is 5.91 Å². The Labute approximate surface area is 154 Å². The van der Waals surface area contributed by atoms with Gasteiger partial charge in [-0.15, -0.1) is 0 Å². The first-order valence-electron chi connectivity index (χ1n) is 8.00. The maximum Gasteiger partial charge on any atom is 0.303 e. The van der Waals surface area contributed by atoms with Gasteiger partial charge in [0, 0.05) is 22.1 Å². The van der Waals surface area contributed by atoms with Crippen LogP contribution in [0.2, 0.25) is 0 Å². The van der Waals surface area contributed by atoms with E-state index in [1.807, 2.05) is 24.3 Å². The number of likely N-dealkylation sites (tertiary alicyclic amines) is 1. The fraction of sp³-hybridized carbons (Fsp3) is 0.389. The SMILES string of the molecule is O=C(O)CCCCCCN1C(=O)C/C(=C\c2cccc(I)c2)C1=O. The van der Waals surface area contributed by atoms with Crippen molar-refractivity contribution in [3.63, 3.8) is 0 Å². The summed E-state index contributed by atoms with van der Waals surface area (Å²) in [6, 6.07) is 7.78. The summed E-state index contributed by atoms with van der Waals surface area (Å²) in [7, 11) is 0. The number of nitrogens with zero attached hydrogens (tertiary/aromatic N) is 1. The molecule has 0 bridgehead atoms. The molecule has 0 aromatic heterocycles. The number of carboxylic acid groups (broad SMARTS) is 1. The van der Waals surface area contributed by atoms with Crippen LogP contribution in [0.5, 0.6) is 0 Å². The van der Waals surface area contributed by atoms with Crippen molar-refractivity contribution in [2.45, 2.75) is 38.5 Å². The van der Waals surface area contributed by atoms with Crippen LogP contribution in [0, 0.1) is 3.57 Å². The highest BCUT2D eigenvalue weighted by molar-refractivity contribution is 14.1. The van der Waals surface area contributed by atoms with Gasteiger partial charge >= 0.3 is 5.97 Å². The van der Waals surface area contributed by atoms with Gasteiger partial charge in [0.25, 0.3) is 5.91 Å². The molecule has 2 rings (SSSR count). The highest BCUT2D eigenvalue weighted by Gasteiger charge is 2.32. The Morgan fingerprint density at radius 1 is 1.21 bits per heavy atom. The van der Waals surface area contributed by atoms with Crippen LogP contribution >= 0.6 is 22.6 Å². The molecule has 24 heavy (non-hydrogen) atoms. The Kier molecular flexibility index (Phi) is 6.96. The zero-order chi connectivity index (χ0) is 17.5. The van der Waals surface area contributed by atoms with E-state index in [-0.39, 0.29) is 24.7 Å². The molecule has 128 valence electrons. The maximum atomic E-state index is 12.4. The molecule has 5 nitrogen and oxygen atoms in total. The highest BCUT2D eigenvalue weighted by atomic mass is 127. The molecule has 0 unspecified atom stereocenters. The van der Waals surface area contributed by atoms with Crippen molar-refractivity contribution in [3.05, 3.63) is 39.0 Å². The van der Waals surface area contributed by atoms with E-state index in [1.165, 1.54) is 4.90 Å². The van der Waals surface area contributed by atoms with Crippen LogP contribution in [-0.4, -0.2) is 34.3 Å². The molecule has 0 atom stereocenters. The van der Waals surface area contributed by atoms with Crippen molar-refractivity contribution < 1.29 is 19.5 Å². The second kappa shape index (κ2) is 8.96. The monoisotopic (exact) mass is 441 g/mol. The summed E-state index contributed by atoms with van der Waals surface area (Å²) in [5, 5.41) is 8.58. The van der Waals surface area contributed by atoms with Crippen molar-refractivity contribution in [2.24, 2.45) is 0 Å². The predicted molar refractivity (Wildman–Crippen MR) is 99.2 cm³/mol. The van der Waals surface area contributed by atoms with Crippen LogP contribution in [0.25, 0.3) is 6.08 Å². The fourth-order valence-corrected chi connectivity index (χ4v) is 3.22. The predicted octanol–water partition coefficient (Wildman–Crippen LogP) is 3.47. The molecular formula is C18H20INO4. The average Bonchev–Trinajstić information content (AvgIpc) is 2.77. The van der Waals surface area contributed by atoms with E-state index < -0.39 is 5.97 Å². The second-order valence-electron chi connectivity index (χ2n) is 5.81. The van der Waals surface area contributed by atoms with Crippen molar-refractivity contribution in [3.8, 4) is 0 Å². The van der Waals surface area contributed by atoms with E-state index in [0.29, 0.717) is 25.0 Å². The van der Waals surface area contributed by atoms with E-state index in [2.05, 4.69) is 22.6 Å². The molecular weight excluding hydrogens is 421 g/mol. The minimum Gasteiger partial charge on any atom is -0.481 e. The van der Waals surface area contributed by atoms with Gasteiger partial charge in [-0.2, -0.15) is 0 Å². The fourth-order valence-electron chi connectivity index (χ4n) is 2.66. The summed E-state index contributed by atoms with van der Waals surface area (Å²) in [6.07, 6.45) is 5.08. The molecule has 0 radical (unpaired) electrons. The molecule has 1 aromatic carbocycles. The van der Waals surface area contributed by atoms with Crippen LogP contribution in [0.1, 0.15) is 44.1 Å². The van der Waals surface area contributed by atoms with E-state index in [4.69, 9.17) is 5.11 Å². The molecule has 1 heterocycles. The lowest BCUT2D eigenvalue weighted by molar-refractivity contribution is -0.138. The number of amides is 2. The lowest BCUT2D eigenvalue weighted by Gasteiger charge is -2.12. The topological polar surface area (TPSA) is 74.7 Å². The molecule has 6 heteroatoms. The number of imide groups is 1. The molecule has 1 aliphatic heterocycles. The second-order valence-corrected chi connectivity index (χ2v) is 7.06. The number of carboxylic acids is 1. The lowest BCUT2D eigenvalue weighted by atomic mass is 10.1. The minimum atomic E-state index is -0.787. The number of rotatable bonds is 8. The van der Waals surface area contributed by atoms with Gasteiger partial charge in [-0.25, -0.2) is 0 Å². The van der Waals surface area contributed by atoms with Gasteiger partial charge in [0.15, 0.2) is 0 Å². The zero-order valence-electron chi connectivity index (χ0n) is 13.3. The highest BCUT2D eigenvalue weighted by Crippen LogP contribution is 2.23. The third kappa shape index (κ3) is 5.43. The first-order valence-corrected chi connectivity index (χ1v) is 9.08. The molecule has 1 aromatic rings. The number of carbonyl (C=O) groups is 3. The van der Waals surface area contributed by atoms with E-state index in [0.717, 1.165) is 22.0 Å². The largest absolute Gasteiger partial charge is 0.481 e. The summed E-state index contributed by atoms with van der Waals surface area (Å²) in [4.78, 5) is 36.2. The molecule has 1 fully saturated rings. The van der Waals surface area contributed by atoms with Gasteiger partial charge < -0.3 is 5.11 Å². The van der Waals surface area contributed by atoms with Crippen molar-refractivity contribution in [1.29, 1.82) is 0 Å². The Bertz CT molecular complexity index is 669. The Balaban J connectivity index is 1.86. The van der Waals surface area contributed by atoms with Gasteiger partial charge in [0.1, 0.15) is 0 Å². The smallest absolute Gasteiger partial charge is 0.303 e. The number of carbonyl (C=O) groups excluding carboxylic acids is 2. The molecule has 1 N–H and O–H groups in total. The average molecular weight is 441 g/mol. The summed E-state index contributed by atoms with van der Waals surface area (Å²) in [6.45, 7) is 0.411. The van der Waals surface area contributed by atoms with Gasteiger partial charge in [-0.3, -0.25) is 19.3 Å². The van der Waals surface area contributed by atoms with Crippen LogP contribution in [-0.2, 0) is 14.4 Å². The van der Waals surface area contributed by atoms with Crippen LogP contribution in [0.15, 0.2) is 29.8 Å². The number of benzene rings is 1. The van der Waals surface area contributed by atoms with Crippen LogP contribution in [0.3, 0.4) is 0 Å². The maximum absolute atomic E-state index is 12.4. The summed E-state index contributed by atoms with van der Waals surface area (Å²) in [5.74, 6) is -1.14. The van der Waals surface area contributed by atoms with Crippen molar-refractivity contribution >= 4 is 46.5 Å². The summed E-state index contributed by atoms with van der Waals surface area (Å²) >= 11 is 2.21. The normalized spacial score (nSPS) is 16.2. The molecule has 0 spiro atoms. The van der Waals surface area contributed by atoms with E-state index >= 15 is 0 Å². The first-order chi connectivity index (χ1) is 11.5. The van der Waals surface area contributed by atoms with Gasteiger partial charge in [-0.05, 0) is 59.2 Å². The van der Waals surface area contributed by atoms with Crippen LogP contribution in [0.4, 0.5) is 0 Å². The molecule has 0 saturated carbocycles. The van der Waals surface area contributed by atoms with Gasteiger partial charge in [0.05, 0.1) is 6.42 Å². The third-order valence-corrected chi connectivity index (χ3v) is 4.55. The number of hydrogen-bond donors (Lipinski definition) is 1. The molecule has 0 aliphatic carbocycles. The molecule has 2 amide bonds. The third-order valence-electron chi connectivity index (χ3n) is 3.87. The molecule has 1 saturated heterocycles. The Morgan fingerprint density at radius 3 is 2.67 bits per heavy atom. The van der Waals surface area contributed by atoms with Gasteiger partial charge in [-0.1, -0.05) is 25.0 Å². The van der Waals surface area contributed by atoms with Crippen molar-refractivity contribution in [1.82, 2.24) is 4.90 Å². The lowest BCUT2D eigenvalue weighted by Crippen LogP contribution is -2.30. The van der Waals surface area contributed by atoms with E-state index in [1.54, 1.807) is 6.08 Å². The number of halogens is 1.